The Balaban J connectivity index is 1.64. The van der Waals surface area contributed by atoms with Gasteiger partial charge in [0.05, 0.1) is 33.8 Å². The Hall–Kier alpha value is -4.57. The summed E-state index contributed by atoms with van der Waals surface area (Å²) in [5.74, 6) is -1.33. The lowest BCUT2D eigenvalue weighted by Crippen LogP contribution is -2.46. The third kappa shape index (κ3) is 4.98. The first-order chi connectivity index (χ1) is 18.0. The summed E-state index contributed by atoms with van der Waals surface area (Å²) in [6.07, 6.45) is -4.74. The molecule has 0 fully saturated rings. The molecule has 1 unspecified atom stereocenters. The quantitative estimate of drug-likeness (QED) is 0.173. The van der Waals surface area contributed by atoms with E-state index in [-0.39, 0.29) is 23.5 Å². The fourth-order valence-corrected chi connectivity index (χ4v) is 4.04. The van der Waals surface area contributed by atoms with E-state index in [2.05, 4.69) is 15.3 Å². The highest BCUT2D eigenvalue weighted by molar-refractivity contribution is 6.35. The number of nitriles is 1. The van der Waals surface area contributed by atoms with E-state index in [0.29, 0.717) is 21.5 Å². The number of nitrogens with zero attached hydrogens (tertiary/aromatic N) is 6. The molecule has 194 valence electrons. The van der Waals surface area contributed by atoms with E-state index in [1.54, 1.807) is 18.2 Å². The summed E-state index contributed by atoms with van der Waals surface area (Å²) >= 11 is 6.18. The highest BCUT2D eigenvalue weighted by Crippen LogP contribution is 2.44. The molecule has 2 aromatic carbocycles. The fourth-order valence-electron chi connectivity index (χ4n) is 3.78. The van der Waals surface area contributed by atoms with E-state index >= 15 is 0 Å². The van der Waals surface area contributed by atoms with Gasteiger partial charge in [0.1, 0.15) is 17.5 Å². The molecular formula is C24H16ClF3N6O4. The van der Waals surface area contributed by atoms with E-state index in [9.17, 15) is 28.1 Å². The standard InChI is InChI=1S/C24H16ClF3N6O4/c1-2-23(24(26,27)28,38-22(35)15-4-6-17(7-5-15)34(36)37)21-13-33(32-31-21)12-14-3-8-18-19(25)10-16(11-29)30-20(18)9-14/h3-10,13H,2,12H2,1H3. The molecule has 10 nitrogen and oxygen atoms in total. The van der Waals surface area contributed by atoms with Crippen molar-refractivity contribution in [3.8, 4) is 6.07 Å². The van der Waals surface area contributed by atoms with Gasteiger partial charge < -0.3 is 4.74 Å². The van der Waals surface area contributed by atoms with Gasteiger partial charge in [-0.2, -0.15) is 18.4 Å². The fraction of sp³-hybridized carbons (Fsp3) is 0.208. The molecule has 0 aliphatic heterocycles. The van der Waals surface area contributed by atoms with Gasteiger partial charge >= 0.3 is 12.1 Å². The lowest BCUT2D eigenvalue weighted by atomic mass is 9.95. The second-order valence-electron chi connectivity index (χ2n) is 8.13. The van der Waals surface area contributed by atoms with E-state index < -0.39 is 34.8 Å². The van der Waals surface area contributed by atoms with Gasteiger partial charge in [-0.1, -0.05) is 35.9 Å². The van der Waals surface area contributed by atoms with E-state index in [0.717, 1.165) is 35.1 Å². The lowest BCUT2D eigenvalue weighted by molar-refractivity contribution is -0.384. The van der Waals surface area contributed by atoms with Gasteiger partial charge in [0.2, 0.25) is 0 Å². The van der Waals surface area contributed by atoms with Crippen LogP contribution < -0.4 is 0 Å². The number of pyridine rings is 1. The lowest BCUT2D eigenvalue weighted by Gasteiger charge is -2.32. The molecule has 1 atom stereocenters. The average molecular weight is 545 g/mol. The van der Waals surface area contributed by atoms with Gasteiger partial charge in [0, 0.05) is 17.5 Å². The second-order valence-corrected chi connectivity index (χ2v) is 8.53. The number of hydrogen-bond acceptors (Lipinski definition) is 8. The number of non-ortho nitro benzene ring substituents is 1. The Bertz CT molecular complexity index is 1580. The summed E-state index contributed by atoms with van der Waals surface area (Å²) in [7, 11) is 0. The predicted molar refractivity (Wildman–Crippen MR) is 127 cm³/mol. The van der Waals surface area contributed by atoms with E-state index in [4.69, 9.17) is 21.6 Å². The molecule has 0 bridgehead atoms. The van der Waals surface area contributed by atoms with Crippen molar-refractivity contribution in [2.45, 2.75) is 31.7 Å². The number of nitro benzene ring substituents is 1. The normalized spacial score (nSPS) is 13.1. The van der Waals surface area contributed by atoms with Crippen LogP contribution in [0.2, 0.25) is 5.02 Å². The molecule has 0 aliphatic rings. The van der Waals surface area contributed by atoms with Crippen LogP contribution in [-0.4, -0.2) is 37.0 Å². The summed E-state index contributed by atoms with van der Waals surface area (Å²) in [5.41, 5.74) is -3.29. The third-order valence-corrected chi connectivity index (χ3v) is 6.08. The number of hydrogen-bond donors (Lipinski definition) is 0. The molecule has 0 saturated carbocycles. The Morgan fingerprint density at radius 2 is 1.92 bits per heavy atom. The van der Waals surface area contributed by atoms with Gasteiger partial charge in [0.15, 0.2) is 0 Å². The van der Waals surface area contributed by atoms with Gasteiger partial charge in [0.25, 0.3) is 11.3 Å². The summed E-state index contributed by atoms with van der Waals surface area (Å²) in [4.78, 5) is 26.9. The van der Waals surface area contributed by atoms with Gasteiger partial charge in [-0.15, -0.1) is 5.10 Å². The number of esters is 1. The molecule has 0 aliphatic carbocycles. The molecule has 2 heterocycles. The van der Waals surface area contributed by atoms with Crippen molar-refractivity contribution >= 4 is 34.2 Å². The second kappa shape index (κ2) is 10.1. The number of fused-ring (bicyclic) bond motifs is 1. The van der Waals surface area contributed by atoms with Crippen LogP contribution in [0.4, 0.5) is 18.9 Å². The van der Waals surface area contributed by atoms with Crippen LogP contribution >= 0.6 is 11.6 Å². The van der Waals surface area contributed by atoms with Crippen LogP contribution in [0.3, 0.4) is 0 Å². The van der Waals surface area contributed by atoms with Crippen LogP contribution in [0.1, 0.15) is 40.7 Å². The SMILES string of the molecule is CCC(OC(=O)c1ccc([N+](=O)[O-])cc1)(c1cn(Cc2ccc3c(Cl)cc(C#N)nc3c2)nn1)C(F)(F)F. The Labute approximate surface area is 217 Å². The van der Waals surface area contributed by atoms with Crippen molar-refractivity contribution in [3.63, 3.8) is 0 Å². The molecule has 14 heteroatoms. The van der Waals surface area contributed by atoms with Crippen molar-refractivity contribution in [2.75, 3.05) is 0 Å². The minimum absolute atomic E-state index is 0.00697. The average Bonchev–Trinajstić information content (AvgIpc) is 3.34. The van der Waals surface area contributed by atoms with E-state index in [1.165, 1.54) is 13.0 Å². The Morgan fingerprint density at radius 3 is 2.53 bits per heavy atom. The zero-order valence-corrected chi connectivity index (χ0v) is 20.2. The molecule has 0 N–H and O–H groups in total. The minimum atomic E-state index is -5.06. The predicted octanol–water partition coefficient (Wildman–Crippen LogP) is 5.33. The highest BCUT2D eigenvalue weighted by atomic mass is 35.5. The number of aromatic nitrogens is 4. The summed E-state index contributed by atoms with van der Waals surface area (Å²) in [6, 6.07) is 12.3. The van der Waals surface area contributed by atoms with Gasteiger partial charge in [-0.3, -0.25) is 10.1 Å². The Kier molecular flexibility index (Phi) is 7.01. The van der Waals surface area contributed by atoms with Crippen molar-refractivity contribution in [1.82, 2.24) is 20.0 Å². The summed E-state index contributed by atoms with van der Waals surface area (Å²) < 4.78 is 49.1. The van der Waals surface area contributed by atoms with Crippen LogP contribution in [0.25, 0.3) is 10.9 Å². The molecule has 38 heavy (non-hydrogen) atoms. The first-order valence-corrected chi connectivity index (χ1v) is 11.3. The number of alkyl halides is 3. The smallest absolute Gasteiger partial charge is 0.434 e. The zero-order chi connectivity index (χ0) is 27.7. The van der Waals surface area contributed by atoms with Gasteiger partial charge in [-0.25, -0.2) is 14.5 Å². The molecular weight excluding hydrogens is 529 g/mol. The summed E-state index contributed by atoms with van der Waals surface area (Å²) in [5, 5.41) is 28.3. The van der Waals surface area contributed by atoms with Crippen molar-refractivity contribution < 1.29 is 27.6 Å². The largest absolute Gasteiger partial charge is 0.439 e. The summed E-state index contributed by atoms with van der Waals surface area (Å²) in [6.45, 7) is 1.17. The minimum Gasteiger partial charge on any atom is -0.439 e. The first kappa shape index (κ1) is 26.5. The van der Waals surface area contributed by atoms with Crippen LogP contribution in [-0.2, 0) is 16.9 Å². The number of carbonyl (C=O) groups excluding carboxylic acids is 1. The molecule has 0 radical (unpaired) electrons. The zero-order valence-electron chi connectivity index (χ0n) is 19.4. The number of halogens is 4. The van der Waals surface area contributed by atoms with Crippen LogP contribution in [0.5, 0.6) is 0 Å². The van der Waals surface area contributed by atoms with Crippen molar-refractivity contribution in [3.05, 3.63) is 92.4 Å². The maximum Gasteiger partial charge on any atom is 0.434 e. The topological polar surface area (TPSA) is 137 Å². The molecule has 0 saturated heterocycles. The number of rotatable bonds is 7. The first-order valence-electron chi connectivity index (χ1n) is 10.9. The number of nitro groups is 1. The maximum atomic E-state index is 14.3. The molecule has 2 aromatic heterocycles. The molecule has 0 spiro atoms. The van der Waals surface area contributed by atoms with Crippen molar-refractivity contribution in [2.24, 2.45) is 0 Å². The molecule has 4 aromatic rings. The third-order valence-electron chi connectivity index (χ3n) is 5.77. The number of ether oxygens (including phenoxy) is 1. The van der Waals surface area contributed by atoms with Gasteiger partial charge in [-0.05, 0) is 36.2 Å². The maximum absolute atomic E-state index is 14.3. The Morgan fingerprint density at radius 1 is 1.21 bits per heavy atom. The van der Waals surface area contributed by atoms with E-state index in [1.807, 2.05) is 6.07 Å². The van der Waals surface area contributed by atoms with Crippen LogP contribution in [0.15, 0.2) is 54.7 Å². The monoisotopic (exact) mass is 544 g/mol. The van der Waals surface area contributed by atoms with Crippen molar-refractivity contribution in [1.29, 1.82) is 5.26 Å². The van der Waals surface area contributed by atoms with Crippen LogP contribution in [0, 0.1) is 21.4 Å². The molecule has 4 rings (SSSR count). The highest BCUT2D eigenvalue weighted by Gasteiger charge is 2.60. The number of carbonyl (C=O) groups is 1. The number of benzene rings is 2. The molecule has 0 amide bonds.